The molecule has 0 aliphatic rings. The normalized spacial score (nSPS) is 12.1. The summed E-state index contributed by atoms with van der Waals surface area (Å²) >= 11 is 2.64. The molecule has 0 bridgehead atoms. The third-order valence-electron chi connectivity index (χ3n) is 3.62. The first-order valence-corrected chi connectivity index (χ1v) is 9.49. The predicted molar refractivity (Wildman–Crippen MR) is 103 cm³/mol. The van der Waals surface area contributed by atoms with Crippen LogP contribution in [0.5, 0.6) is 0 Å². The van der Waals surface area contributed by atoms with Gasteiger partial charge in [0.2, 0.25) is 11.0 Å². The van der Waals surface area contributed by atoms with Gasteiger partial charge in [0.05, 0.1) is 11.3 Å². The molecule has 1 heterocycles. The Labute approximate surface area is 154 Å². The number of aromatic nitrogens is 2. The number of nitrogen functional groups attached to an aromatic ring is 1. The van der Waals surface area contributed by atoms with E-state index in [0.29, 0.717) is 9.47 Å². The Balaban J connectivity index is 1.76. The fourth-order valence-corrected chi connectivity index (χ4v) is 4.17. The molecule has 1 atom stereocenters. The topological polar surface area (TPSA) is 80.9 Å². The molecule has 25 heavy (non-hydrogen) atoms. The van der Waals surface area contributed by atoms with Gasteiger partial charge in [0.15, 0.2) is 4.34 Å². The first kappa shape index (κ1) is 17.4. The zero-order valence-electron chi connectivity index (χ0n) is 13.6. The SMILES string of the molecule is C[C@H](Sc1nnc(N)s1)C(=O)NC(c1ccccc1)c1ccccc1. The highest BCUT2D eigenvalue weighted by atomic mass is 32.2. The van der Waals surface area contributed by atoms with Gasteiger partial charge in [-0.25, -0.2) is 0 Å². The fraction of sp³-hybridized carbons (Fsp3) is 0.167. The van der Waals surface area contributed by atoms with Crippen molar-refractivity contribution in [2.24, 2.45) is 0 Å². The minimum Gasteiger partial charge on any atom is -0.374 e. The van der Waals surface area contributed by atoms with Crippen LogP contribution in [-0.2, 0) is 4.79 Å². The van der Waals surface area contributed by atoms with E-state index in [1.165, 1.54) is 23.1 Å². The molecule has 128 valence electrons. The van der Waals surface area contributed by atoms with E-state index in [1.54, 1.807) is 0 Å². The summed E-state index contributed by atoms with van der Waals surface area (Å²) in [6, 6.07) is 19.7. The van der Waals surface area contributed by atoms with Crippen molar-refractivity contribution in [2.75, 3.05) is 5.73 Å². The Morgan fingerprint density at radius 3 is 2.08 bits per heavy atom. The molecule has 0 radical (unpaired) electrons. The van der Waals surface area contributed by atoms with Gasteiger partial charge < -0.3 is 11.1 Å². The van der Waals surface area contributed by atoms with Crippen molar-refractivity contribution in [3.8, 4) is 0 Å². The lowest BCUT2D eigenvalue weighted by molar-refractivity contribution is -0.120. The van der Waals surface area contributed by atoms with Gasteiger partial charge in [-0.15, -0.1) is 10.2 Å². The van der Waals surface area contributed by atoms with Crippen LogP contribution in [0.4, 0.5) is 5.13 Å². The number of amides is 1. The standard InChI is InChI=1S/C18H18N4OS2/c1-12(24-18-22-21-17(19)25-18)16(23)20-15(13-8-4-2-5-9-13)14-10-6-3-7-11-14/h2-12,15H,1H3,(H2,19,21)(H,20,23)/t12-/m0/s1. The Morgan fingerprint density at radius 1 is 1.04 bits per heavy atom. The second-order valence-electron chi connectivity index (χ2n) is 5.43. The van der Waals surface area contributed by atoms with Gasteiger partial charge in [-0.05, 0) is 18.1 Å². The molecule has 3 aromatic rings. The zero-order chi connectivity index (χ0) is 17.6. The first-order chi connectivity index (χ1) is 12.1. The minimum atomic E-state index is -0.303. The van der Waals surface area contributed by atoms with Crippen molar-refractivity contribution in [2.45, 2.75) is 22.6 Å². The molecule has 7 heteroatoms. The molecule has 0 unspecified atom stereocenters. The van der Waals surface area contributed by atoms with Crippen LogP contribution in [0.25, 0.3) is 0 Å². The summed E-state index contributed by atoms with van der Waals surface area (Å²) < 4.78 is 0.691. The minimum absolute atomic E-state index is 0.0588. The van der Waals surface area contributed by atoms with Crippen LogP contribution >= 0.6 is 23.1 Å². The van der Waals surface area contributed by atoms with Gasteiger partial charge in [0.25, 0.3) is 0 Å². The van der Waals surface area contributed by atoms with E-state index >= 15 is 0 Å². The Bertz CT molecular complexity index is 784. The van der Waals surface area contributed by atoms with Gasteiger partial charge in [-0.1, -0.05) is 83.8 Å². The summed E-state index contributed by atoms with van der Waals surface area (Å²) in [6.07, 6.45) is 0. The molecule has 0 aliphatic heterocycles. The average Bonchev–Trinajstić information content (AvgIpc) is 3.05. The van der Waals surface area contributed by atoms with Crippen LogP contribution in [0.15, 0.2) is 65.0 Å². The van der Waals surface area contributed by atoms with E-state index in [1.807, 2.05) is 67.6 Å². The second-order valence-corrected chi connectivity index (χ2v) is 8.03. The van der Waals surface area contributed by atoms with Crippen molar-refractivity contribution in [1.29, 1.82) is 0 Å². The smallest absolute Gasteiger partial charge is 0.234 e. The van der Waals surface area contributed by atoms with Gasteiger partial charge in [0.1, 0.15) is 0 Å². The highest BCUT2D eigenvalue weighted by molar-refractivity contribution is 8.02. The number of rotatable bonds is 6. The van der Waals surface area contributed by atoms with E-state index in [4.69, 9.17) is 5.73 Å². The molecule has 0 aliphatic carbocycles. The quantitative estimate of drug-likeness (QED) is 0.649. The number of benzene rings is 2. The monoisotopic (exact) mass is 370 g/mol. The van der Waals surface area contributed by atoms with Gasteiger partial charge in [-0.2, -0.15) is 0 Å². The lowest BCUT2D eigenvalue weighted by atomic mass is 9.98. The number of nitrogens with one attached hydrogen (secondary N) is 1. The highest BCUT2D eigenvalue weighted by Gasteiger charge is 2.22. The predicted octanol–water partition coefficient (Wildman–Crippen LogP) is 3.51. The maximum Gasteiger partial charge on any atom is 0.234 e. The number of hydrogen-bond donors (Lipinski definition) is 2. The van der Waals surface area contributed by atoms with Crippen molar-refractivity contribution in [3.05, 3.63) is 71.8 Å². The average molecular weight is 371 g/mol. The Morgan fingerprint density at radius 2 is 1.60 bits per heavy atom. The number of nitrogens with zero attached hydrogens (tertiary/aromatic N) is 2. The van der Waals surface area contributed by atoms with E-state index < -0.39 is 0 Å². The molecule has 3 rings (SSSR count). The molecule has 0 spiro atoms. The Kier molecular flexibility index (Phi) is 5.67. The van der Waals surface area contributed by atoms with E-state index in [2.05, 4.69) is 15.5 Å². The number of thioether (sulfide) groups is 1. The number of nitrogens with two attached hydrogens (primary N) is 1. The molecule has 0 saturated carbocycles. The molecule has 2 aromatic carbocycles. The van der Waals surface area contributed by atoms with Crippen LogP contribution < -0.4 is 11.1 Å². The van der Waals surface area contributed by atoms with Crippen LogP contribution in [0.1, 0.15) is 24.1 Å². The number of anilines is 1. The lowest BCUT2D eigenvalue weighted by Gasteiger charge is -2.21. The van der Waals surface area contributed by atoms with Crippen molar-refractivity contribution in [3.63, 3.8) is 0 Å². The van der Waals surface area contributed by atoms with Crippen LogP contribution in [0.3, 0.4) is 0 Å². The summed E-state index contributed by atoms with van der Waals surface area (Å²) in [5.74, 6) is -0.0588. The summed E-state index contributed by atoms with van der Waals surface area (Å²) in [5.41, 5.74) is 7.68. The summed E-state index contributed by atoms with van der Waals surface area (Å²) in [6.45, 7) is 1.85. The molecule has 1 aromatic heterocycles. The first-order valence-electron chi connectivity index (χ1n) is 7.79. The van der Waals surface area contributed by atoms with Crippen molar-refractivity contribution >= 4 is 34.1 Å². The van der Waals surface area contributed by atoms with Crippen LogP contribution in [-0.4, -0.2) is 21.4 Å². The van der Waals surface area contributed by atoms with Crippen LogP contribution in [0.2, 0.25) is 0 Å². The fourth-order valence-electron chi connectivity index (χ4n) is 2.38. The van der Waals surface area contributed by atoms with Crippen molar-refractivity contribution in [1.82, 2.24) is 15.5 Å². The number of carbonyl (C=O) groups excluding carboxylic acids is 1. The highest BCUT2D eigenvalue weighted by Crippen LogP contribution is 2.29. The third kappa shape index (κ3) is 4.58. The summed E-state index contributed by atoms with van der Waals surface area (Å²) in [7, 11) is 0. The molecule has 0 saturated heterocycles. The Hall–Kier alpha value is -2.38. The maximum absolute atomic E-state index is 12.7. The molecule has 0 fully saturated rings. The van der Waals surface area contributed by atoms with Gasteiger partial charge >= 0.3 is 0 Å². The molecule has 3 N–H and O–H groups in total. The summed E-state index contributed by atoms with van der Waals surface area (Å²) in [4.78, 5) is 12.7. The summed E-state index contributed by atoms with van der Waals surface area (Å²) in [5, 5.41) is 11.0. The van der Waals surface area contributed by atoms with Crippen LogP contribution in [0, 0.1) is 0 Å². The number of carbonyl (C=O) groups is 1. The van der Waals surface area contributed by atoms with E-state index in [0.717, 1.165) is 11.1 Å². The number of hydrogen-bond acceptors (Lipinski definition) is 6. The van der Waals surface area contributed by atoms with E-state index in [9.17, 15) is 4.79 Å². The lowest BCUT2D eigenvalue weighted by Crippen LogP contribution is -2.34. The van der Waals surface area contributed by atoms with Gasteiger partial charge in [-0.3, -0.25) is 4.79 Å². The zero-order valence-corrected chi connectivity index (χ0v) is 15.3. The van der Waals surface area contributed by atoms with E-state index in [-0.39, 0.29) is 17.2 Å². The maximum atomic E-state index is 12.7. The van der Waals surface area contributed by atoms with Gasteiger partial charge in [0, 0.05) is 0 Å². The van der Waals surface area contributed by atoms with Crippen molar-refractivity contribution < 1.29 is 4.79 Å². The molecular weight excluding hydrogens is 352 g/mol. The molecular formula is C18H18N4OS2. The third-order valence-corrected chi connectivity index (χ3v) is 5.56. The molecule has 5 nitrogen and oxygen atoms in total. The molecule has 1 amide bonds. The second kappa shape index (κ2) is 8.13. The largest absolute Gasteiger partial charge is 0.374 e.